The Labute approximate surface area is 113 Å². The van der Waals surface area contributed by atoms with Gasteiger partial charge in [-0.15, -0.1) is 0 Å². The summed E-state index contributed by atoms with van der Waals surface area (Å²) < 4.78 is 6.87. The van der Waals surface area contributed by atoms with Crippen LogP contribution < -0.4 is 0 Å². The predicted molar refractivity (Wildman–Crippen MR) is 75.4 cm³/mol. The molecule has 0 amide bonds. The van der Waals surface area contributed by atoms with E-state index in [4.69, 9.17) is 4.74 Å². The molecule has 19 heavy (non-hydrogen) atoms. The number of methoxy groups -OCH3 is 1. The van der Waals surface area contributed by atoms with Gasteiger partial charge in [0.05, 0.1) is 7.11 Å². The fourth-order valence-electron chi connectivity index (χ4n) is 2.32. The van der Waals surface area contributed by atoms with Gasteiger partial charge in [-0.3, -0.25) is 0 Å². The fraction of sp³-hybridized carbons (Fsp3) is 0.312. The number of carbonyl (C=O) groups excluding carboxylic acids is 1. The molecule has 0 radical (unpaired) electrons. The SMILES string of the molecule is COC(=O)c1ccc(Cc2ccccc2)n1C(C)C. The van der Waals surface area contributed by atoms with E-state index in [2.05, 4.69) is 26.0 Å². The van der Waals surface area contributed by atoms with Crippen LogP contribution >= 0.6 is 0 Å². The standard InChI is InChI=1S/C16H19NO2/c1-12(2)17-14(9-10-15(17)16(18)19-3)11-13-7-5-4-6-8-13/h4-10,12H,11H2,1-3H3. The van der Waals surface area contributed by atoms with Crippen molar-refractivity contribution >= 4 is 5.97 Å². The average Bonchev–Trinajstić information content (AvgIpc) is 2.83. The molecule has 0 atom stereocenters. The number of ether oxygens (including phenoxy) is 1. The van der Waals surface area contributed by atoms with Crippen LogP contribution in [0.5, 0.6) is 0 Å². The lowest BCUT2D eigenvalue weighted by Gasteiger charge is -2.16. The van der Waals surface area contributed by atoms with Crippen molar-refractivity contribution in [3.63, 3.8) is 0 Å². The third-order valence-corrected chi connectivity index (χ3v) is 3.14. The number of nitrogens with zero attached hydrogens (tertiary/aromatic N) is 1. The molecule has 0 unspecified atom stereocenters. The van der Waals surface area contributed by atoms with E-state index in [1.54, 1.807) is 0 Å². The Morgan fingerprint density at radius 1 is 1.16 bits per heavy atom. The van der Waals surface area contributed by atoms with Crippen LogP contribution in [-0.4, -0.2) is 17.6 Å². The number of hydrogen-bond donors (Lipinski definition) is 0. The van der Waals surface area contributed by atoms with Crippen LogP contribution in [0.3, 0.4) is 0 Å². The van der Waals surface area contributed by atoms with E-state index >= 15 is 0 Å². The van der Waals surface area contributed by atoms with E-state index < -0.39 is 0 Å². The molecule has 2 rings (SSSR count). The zero-order chi connectivity index (χ0) is 13.8. The first-order valence-electron chi connectivity index (χ1n) is 6.46. The Balaban J connectivity index is 2.36. The van der Waals surface area contributed by atoms with Crippen molar-refractivity contribution in [2.24, 2.45) is 0 Å². The molecule has 3 heteroatoms. The predicted octanol–water partition coefficient (Wildman–Crippen LogP) is 3.45. The molecule has 100 valence electrons. The quantitative estimate of drug-likeness (QED) is 0.786. The minimum atomic E-state index is -0.284. The highest BCUT2D eigenvalue weighted by atomic mass is 16.5. The van der Waals surface area contributed by atoms with Crippen molar-refractivity contribution in [1.29, 1.82) is 0 Å². The second-order valence-electron chi connectivity index (χ2n) is 4.83. The van der Waals surface area contributed by atoms with Crippen LogP contribution in [0.2, 0.25) is 0 Å². The van der Waals surface area contributed by atoms with Gasteiger partial charge in [-0.2, -0.15) is 0 Å². The molecule has 0 saturated carbocycles. The van der Waals surface area contributed by atoms with E-state index in [0.29, 0.717) is 5.69 Å². The Morgan fingerprint density at radius 2 is 1.84 bits per heavy atom. The summed E-state index contributed by atoms with van der Waals surface area (Å²) in [6, 6.07) is 14.3. The van der Waals surface area contributed by atoms with Gasteiger partial charge < -0.3 is 9.30 Å². The lowest BCUT2D eigenvalue weighted by Crippen LogP contribution is -2.15. The number of aromatic nitrogens is 1. The van der Waals surface area contributed by atoms with E-state index in [-0.39, 0.29) is 12.0 Å². The van der Waals surface area contributed by atoms with Crippen molar-refractivity contribution in [3.8, 4) is 0 Å². The molecule has 0 aliphatic heterocycles. The highest BCUT2D eigenvalue weighted by Crippen LogP contribution is 2.20. The maximum atomic E-state index is 11.8. The molecule has 0 saturated heterocycles. The highest BCUT2D eigenvalue weighted by Gasteiger charge is 2.17. The molecule has 1 aromatic heterocycles. The smallest absolute Gasteiger partial charge is 0.354 e. The number of rotatable bonds is 4. The van der Waals surface area contributed by atoms with Crippen LogP contribution in [0.4, 0.5) is 0 Å². The van der Waals surface area contributed by atoms with Gasteiger partial charge in [0.15, 0.2) is 0 Å². The van der Waals surface area contributed by atoms with Gasteiger partial charge in [0.2, 0.25) is 0 Å². The average molecular weight is 257 g/mol. The third-order valence-electron chi connectivity index (χ3n) is 3.14. The summed E-state index contributed by atoms with van der Waals surface area (Å²) in [7, 11) is 1.41. The Hall–Kier alpha value is -2.03. The van der Waals surface area contributed by atoms with Crippen molar-refractivity contribution in [2.75, 3.05) is 7.11 Å². The minimum Gasteiger partial charge on any atom is -0.464 e. The van der Waals surface area contributed by atoms with Gasteiger partial charge in [0.25, 0.3) is 0 Å². The third kappa shape index (κ3) is 2.87. The summed E-state index contributed by atoms with van der Waals surface area (Å²) in [5, 5.41) is 0. The van der Waals surface area contributed by atoms with Crippen LogP contribution in [0.25, 0.3) is 0 Å². The van der Waals surface area contributed by atoms with Crippen molar-refractivity contribution in [3.05, 3.63) is 59.4 Å². The number of esters is 1. The first kappa shape index (κ1) is 13.4. The normalized spacial score (nSPS) is 10.7. The number of hydrogen-bond acceptors (Lipinski definition) is 2. The summed E-state index contributed by atoms with van der Waals surface area (Å²) in [4.78, 5) is 11.8. The van der Waals surface area contributed by atoms with Crippen molar-refractivity contribution in [1.82, 2.24) is 4.57 Å². The molecule has 0 N–H and O–H groups in total. The lowest BCUT2D eigenvalue weighted by atomic mass is 10.1. The van der Waals surface area contributed by atoms with Gasteiger partial charge in [-0.1, -0.05) is 30.3 Å². The van der Waals surface area contributed by atoms with Gasteiger partial charge in [-0.25, -0.2) is 4.79 Å². The van der Waals surface area contributed by atoms with E-state index in [1.807, 2.05) is 34.9 Å². The Kier molecular flexibility index (Phi) is 4.05. The van der Waals surface area contributed by atoms with E-state index in [0.717, 1.165) is 12.1 Å². The Bertz CT molecular complexity index is 555. The fourth-order valence-corrected chi connectivity index (χ4v) is 2.32. The summed E-state index contributed by atoms with van der Waals surface area (Å²) in [5.74, 6) is -0.284. The number of carbonyl (C=O) groups is 1. The van der Waals surface area contributed by atoms with Crippen LogP contribution in [-0.2, 0) is 11.2 Å². The molecule has 0 aliphatic carbocycles. The zero-order valence-corrected chi connectivity index (χ0v) is 11.6. The minimum absolute atomic E-state index is 0.225. The van der Waals surface area contributed by atoms with Crippen LogP contribution in [0.1, 0.15) is 41.6 Å². The topological polar surface area (TPSA) is 31.2 Å². The van der Waals surface area contributed by atoms with Crippen molar-refractivity contribution < 1.29 is 9.53 Å². The van der Waals surface area contributed by atoms with Crippen LogP contribution in [0.15, 0.2) is 42.5 Å². The van der Waals surface area contributed by atoms with Crippen LogP contribution in [0, 0.1) is 0 Å². The number of benzene rings is 1. The molecule has 0 spiro atoms. The Morgan fingerprint density at radius 3 is 2.42 bits per heavy atom. The maximum absolute atomic E-state index is 11.8. The first-order valence-corrected chi connectivity index (χ1v) is 6.46. The van der Waals surface area contributed by atoms with Gasteiger partial charge in [-0.05, 0) is 31.5 Å². The van der Waals surface area contributed by atoms with E-state index in [1.165, 1.54) is 12.7 Å². The van der Waals surface area contributed by atoms with E-state index in [9.17, 15) is 4.79 Å². The highest BCUT2D eigenvalue weighted by molar-refractivity contribution is 5.88. The largest absolute Gasteiger partial charge is 0.464 e. The van der Waals surface area contributed by atoms with Gasteiger partial charge in [0, 0.05) is 18.2 Å². The molecular weight excluding hydrogens is 238 g/mol. The molecule has 0 aliphatic rings. The molecular formula is C16H19NO2. The summed E-state index contributed by atoms with van der Waals surface area (Å²) in [6.45, 7) is 4.14. The second kappa shape index (κ2) is 5.74. The zero-order valence-electron chi connectivity index (χ0n) is 11.6. The first-order chi connectivity index (χ1) is 9.13. The molecule has 1 heterocycles. The second-order valence-corrected chi connectivity index (χ2v) is 4.83. The van der Waals surface area contributed by atoms with Crippen molar-refractivity contribution in [2.45, 2.75) is 26.3 Å². The lowest BCUT2D eigenvalue weighted by molar-refractivity contribution is 0.0586. The molecule has 3 nitrogen and oxygen atoms in total. The monoisotopic (exact) mass is 257 g/mol. The maximum Gasteiger partial charge on any atom is 0.354 e. The summed E-state index contributed by atoms with van der Waals surface area (Å²) in [6.07, 6.45) is 0.815. The molecule has 1 aromatic carbocycles. The molecule has 0 fully saturated rings. The summed E-state index contributed by atoms with van der Waals surface area (Å²) in [5.41, 5.74) is 2.98. The van der Waals surface area contributed by atoms with Gasteiger partial charge in [0.1, 0.15) is 5.69 Å². The summed E-state index contributed by atoms with van der Waals surface area (Å²) >= 11 is 0. The van der Waals surface area contributed by atoms with Gasteiger partial charge >= 0.3 is 5.97 Å². The molecule has 0 bridgehead atoms. The molecule has 2 aromatic rings.